The normalized spacial score (nSPS) is 14.7. The molecule has 8 heteroatoms. The second-order valence-electron chi connectivity index (χ2n) is 7.73. The highest BCUT2D eigenvalue weighted by Crippen LogP contribution is 2.31. The van der Waals surface area contributed by atoms with Crippen LogP contribution in [0.3, 0.4) is 0 Å². The molecular formula is C24H30N4O3S. The van der Waals surface area contributed by atoms with Crippen molar-refractivity contribution in [1.29, 1.82) is 0 Å². The minimum Gasteiger partial charge on any atom is -0.379 e. The van der Waals surface area contributed by atoms with Gasteiger partial charge < -0.3 is 18.9 Å². The number of imidazole rings is 1. The number of hydrogen-bond acceptors (Lipinski definition) is 6. The molecule has 1 aliphatic rings. The standard InChI is InChI=1S/C24H30N4O3S/c1-2-30-17-18-31-16-15-27-14-11-26-23(27)19-8-12-28(13-9-19)24(29)22-7-6-21(32-22)20-5-3-4-10-25-20/h3-7,10-11,14,19H,2,8-9,12-13,15-18H2,1H3. The number of thiophene rings is 1. The molecule has 4 rings (SSSR count). The first-order chi connectivity index (χ1) is 15.8. The van der Waals surface area contributed by atoms with Crippen LogP contribution in [0.15, 0.2) is 48.9 Å². The third-order valence-electron chi connectivity index (χ3n) is 5.68. The number of piperidine rings is 1. The van der Waals surface area contributed by atoms with Gasteiger partial charge in [0.1, 0.15) is 5.82 Å². The number of carbonyl (C=O) groups excluding carboxylic acids is 1. The maximum absolute atomic E-state index is 13.0. The average molecular weight is 455 g/mol. The van der Waals surface area contributed by atoms with Gasteiger partial charge in [0, 0.05) is 50.7 Å². The number of ether oxygens (including phenoxy) is 2. The summed E-state index contributed by atoms with van der Waals surface area (Å²) in [5.41, 5.74) is 0.906. The van der Waals surface area contributed by atoms with Gasteiger partial charge in [-0.1, -0.05) is 6.07 Å². The van der Waals surface area contributed by atoms with Crippen molar-refractivity contribution in [3.63, 3.8) is 0 Å². The quantitative estimate of drug-likeness (QED) is 0.432. The molecule has 0 saturated carbocycles. The molecule has 0 aliphatic carbocycles. The number of carbonyl (C=O) groups is 1. The van der Waals surface area contributed by atoms with Crippen molar-refractivity contribution in [2.24, 2.45) is 0 Å². The lowest BCUT2D eigenvalue weighted by molar-refractivity contribution is 0.0492. The maximum atomic E-state index is 13.0. The lowest BCUT2D eigenvalue weighted by atomic mass is 9.95. The van der Waals surface area contributed by atoms with Gasteiger partial charge in [0.25, 0.3) is 5.91 Å². The Kier molecular flexibility index (Phi) is 8.03. The minimum absolute atomic E-state index is 0.113. The summed E-state index contributed by atoms with van der Waals surface area (Å²) in [4.78, 5) is 25.8. The fourth-order valence-corrected chi connectivity index (χ4v) is 4.94. The van der Waals surface area contributed by atoms with Gasteiger partial charge >= 0.3 is 0 Å². The Bertz CT molecular complexity index is 980. The Hall–Kier alpha value is -2.55. The van der Waals surface area contributed by atoms with Gasteiger partial charge in [0.2, 0.25) is 0 Å². The van der Waals surface area contributed by atoms with Crippen LogP contribution in [0.4, 0.5) is 0 Å². The van der Waals surface area contributed by atoms with Crippen molar-refractivity contribution in [1.82, 2.24) is 19.4 Å². The summed E-state index contributed by atoms with van der Waals surface area (Å²) in [6.07, 6.45) is 7.50. The van der Waals surface area contributed by atoms with Crippen LogP contribution in [0.25, 0.3) is 10.6 Å². The summed E-state index contributed by atoms with van der Waals surface area (Å²) in [6.45, 7) is 6.87. The molecule has 3 aromatic heterocycles. The molecular weight excluding hydrogens is 424 g/mol. The molecule has 1 saturated heterocycles. The molecule has 1 fully saturated rings. The molecule has 4 heterocycles. The third-order valence-corrected chi connectivity index (χ3v) is 6.78. The van der Waals surface area contributed by atoms with E-state index in [1.807, 2.05) is 54.5 Å². The van der Waals surface area contributed by atoms with E-state index in [-0.39, 0.29) is 5.91 Å². The molecule has 1 aliphatic heterocycles. The number of amides is 1. The van der Waals surface area contributed by atoms with E-state index in [2.05, 4.69) is 14.5 Å². The van der Waals surface area contributed by atoms with Gasteiger partial charge in [-0.05, 0) is 44.0 Å². The predicted molar refractivity (Wildman–Crippen MR) is 125 cm³/mol. The second kappa shape index (κ2) is 11.4. The van der Waals surface area contributed by atoms with Crippen LogP contribution in [0.2, 0.25) is 0 Å². The van der Waals surface area contributed by atoms with Crippen LogP contribution in [-0.4, -0.2) is 64.9 Å². The molecule has 0 N–H and O–H groups in total. The lowest BCUT2D eigenvalue weighted by Crippen LogP contribution is -2.38. The van der Waals surface area contributed by atoms with Crippen molar-refractivity contribution in [3.05, 3.63) is 59.6 Å². The van der Waals surface area contributed by atoms with Crippen LogP contribution in [0.5, 0.6) is 0 Å². The van der Waals surface area contributed by atoms with Crippen LogP contribution in [0.1, 0.15) is 41.2 Å². The Morgan fingerprint density at radius 2 is 1.91 bits per heavy atom. The number of nitrogens with zero attached hydrogens (tertiary/aromatic N) is 4. The zero-order valence-corrected chi connectivity index (χ0v) is 19.3. The van der Waals surface area contributed by atoms with Crippen LogP contribution >= 0.6 is 11.3 Å². The Morgan fingerprint density at radius 1 is 1.06 bits per heavy atom. The van der Waals surface area contributed by atoms with E-state index < -0.39 is 0 Å². The molecule has 3 aromatic rings. The van der Waals surface area contributed by atoms with Gasteiger partial charge in [0.15, 0.2) is 0 Å². The van der Waals surface area contributed by atoms with Crippen molar-refractivity contribution < 1.29 is 14.3 Å². The molecule has 1 amide bonds. The van der Waals surface area contributed by atoms with Gasteiger partial charge in [-0.3, -0.25) is 9.78 Å². The predicted octanol–water partition coefficient (Wildman–Crippen LogP) is 4.08. The van der Waals surface area contributed by atoms with Crippen molar-refractivity contribution in [2.45, 2.75) is 32.2 Å². The molecule has 0 aromatic carbocycles. The minimum atomic E-state index is 0.113. The van der Waals surface area contributed by atoms with E-state index in [4.69, 9.17) is 9.47 Å². The van der Waals surface area contributed by atoms with Gasteiger partial charge in [-0.15, -0.1) is 11.3 Å². The van der Waals surface area contributed by atoms with E-state index in [0.29, 0.717) is 32.3 Å². The van der Waals surface area contributed by atoms with Gasteiger partial charge in [0.05, 0.1) is 35.3 Å². The van der Waals surface area contributed by atoms with Crippen molar-refractivity contribution >= 4 is 17.2 Å². The number of pyridine rings is 1. The summed E-state index contributed by atoms with van der Waals surface area (Å²) in [5.74, 6) is 1.57. The van der Waals surface area contributed by atoms with Gasteiger partial charge in [-0.2, -0.15) is 0 Å². The first-order valence-corrected chi connectivity index (χ1v) is 12.0. The van der Waals surface area contributed by atoms with Crippen LogP contribution in [-0.2, 0) is 16.0 Å². The highest BCUT2D eigenvalue weighted by atomic mass is 32.1. The summed E-state index contributed by atoms with van der Waals surface area (Å²) >= 11 is 1.51. The van der Waals surface area contributed by atoms with E-state index >= 15 is 0 Å². The van der Waals surface area contributed by atoms with Crippen molar-refractivity contribution in [3.8, 4) is 10.6 Å². The first kappa shape index (κ1) is 22.6. The Morgan fingerprint density at radius 3 is 2.69 bits per heavy atom. The summed E-state index contributed by atoms with van der Waals surface area (Å²) < 4.78 is 13.1. The highest BCUT2D eigenvalue weighted by molar-refractivity contribution is 7.17. The SMILES string of the molecule is CCOCCOCCn1ccnc1C1CCN(C(=O)c2ccc(-c3ccccn3)s2)CC1. The fraction of sp³-hybridized carbons (Fsp3) is 0.458. The fourth-order valence-electron chi connectivity index (χ4n) is 3.99. The van der Waals surface area contributed by atoms with Crippen LogP contribution in [0, 0.1) is 0 Å². The summed E-state index contributed by atoms with van der Waals surface area (Å²) in [6, 6.07) is 9.73. The van der Waals surface area contributed by atoms with E-state index in [0.717, 1.165) is 53.7 Å². The monoisotopic (exact) mass is 454 g/mol. The zero-order chi connectivity index (χ0) is 22.2. The zero-order valence-electron chi connectivity index (χ0n) is 18.5. The van der Waals surface area contributed by atoms with Crippen molar-refractivity contribution in [2.75, 3.05) is 39.5 Å². The lowest BCUT2D eigenvalue weighted by Gasteiger charge is -2.31. The molecule has 0 atom stereocenters. The third kappa shape index (κ3) is 5.62. The van der Waals surface area contributed by atoms with E-state index in [1.165, 1.54) is 11.3 Å². The first-order valence-electron chi connectivity index (χ1n) is 11.2. The second-order valence-corrected chi connectivity index (χ2v) is 8.82. The number of likely N-dealkylation sites (tertiary alicyclic amines) is 1. The Labute approximate surface area is 193 Å². The molecule has 0 spiro atoms. The molecule has 170 valence electrons. The maximum Gasteiger partial charge on any atom is 0.263 e. The molecule has 0 radical (unpaired) electrons. The topological polar surface area (TPSA) is 69.5 Å². The molecule has 0 unspecified atom stereocenters. The number of rotatable bonds is 10. The summed E-state index contributed by atoms with van der Waals surface area (Å²) in [7, 11) is 0. The largest absolute Gasteiger partial charge is 0.379 e. The van der Waals surface area contributed by atoms with E-state index in [1.54, 1.807) is 6.20 Å². The summed E-state index contributed by atoms with van der Waals surface area (Å²) in [5, 5.41) is 0. The smallest absolute Gasteiger partial charge is 0.263 e. The highest BCUT2D eigenvalue weighted by Gasteiger charge is 2.27. The average Bonchev–Trinajstić information content (AvgIpc) is 3.52. The number of aromatic nitrogens is 3. The molecule has 0 bridgehead atoms. The number of hydrogen-bond donors (Lipinski definition) is 0. The van der Waals surface area contributed by atoms with E-state index in [9.17, 15) is 4.79 Å². The molecule has 32 heavy (non-hydrogen) atoms. The Balaban J connectivity index is 1.28. The van der Waals surface area contributed by atoms with Crippen LogP contribution < -0.4 is 0 Å². The van der Waals surface area contributed by atoms with Gasteiger partial charge in [-0.25, -0.2) is 4.98 Å². The molecule has 7 nitrogen and oxygen atoms in total.